The van der Waals surface area contributed by atoms with Crippen LogP contribution in [0.2, 0.25) is 0 Å². The minimum Gasteiger partial charge on any atom is -0.374 e. The van der Waals surface area contributed by atoms with Crippen molar-refractivity contribution < 1.29 is 14.3 Å². The van der Waals surface area contributed by atoms with Crippen LogP contribution in [0.15, 0.2) is 0 Å². The predicted octanol–water partition coefficient (Wildman–Crippen LogP) is 0.628. The zero-order chi connectivity index (χ0) is 7.82. The van der Waals surface area contributed by atoms with Gasteiger partial charge in [-0.2, -0.15) is 0 Å². The number of carbonyl (C=O) groups is 1. The van der Waals surface area contributed by atoms with E-state index in [1.54, 1.807) is 0 Å². The molecule has 0 saturated heterocycles. The maximum Gasteiger partial charge on any atom is 0.183 e. The van der Waals surface area contributed by atoms with Crippen LogP contribution in [0.1, 0.15) is 13.8 Å². The van der Waals surface area contributed by atoms with Crippen molar-refractivity contribution in [2.45, 2.75) is 13.8 Å². The fourth-order valence-electron chi connectivity index (χ4n) is 0.473. The van der Waals surface area contributed by atoms with Gasteiger partial charge in [0, 0.05) is 13.2 Å². The first-order chi connectivity index (χ1) is 4.81. The molecule has 60 valence electrons. The number of hydrogen-bond donors (Lipinski definition) is 0. The van der Waals surface area contributed by atoms with Crippen LogP contribution in [0, 0.1) is 0 Å². The quantitative estimate of drug-likeness (QED) is 0.551. The van der Waals surface area contributed by atoms with Crippen LogP contribution in [-0.2, 0) is 14.3 Å². The van der Waals surface area contributed by atoms with Crippen molar-refractivity contribution >= 4 is 5.78 Å². The monoisotopic (exact) mass is 146 g/mol. The lowest BCUT2D eigenvalue weighted by Crippen LogP contribution is -2.15. The Kier molecular flexibility index (Phi) is 6.43. The minimum atomic E-state index is 0.00343. The second-order valence-corrected chi connectivity index (χ2v) is 1.81. The molecule has 0 bridgehead atoms. The molecule has 0 rings (SSSR count). The van der Waals surface area contributed by atoms with Gasteiger partial charge in [0.1, 0.15) is 13.2 Å². The molecular weight excluding hydrogens is 132 g/mol. The molecule has 0 aliphatic rings. The number of rotatable bonds is 6. The molecule has 0 aromatic heterocycles. The smallest absolute Gasteiger partial charge is 0.183 e. The third kappa shape index (κ3) is 5.72. The van der Waals surface area contributed by atoms with E-state index in [-0.39, 0.29) is 19.0 Å². The van der Waals surface area contributed by atoms with Crippen LogP contribution >= 0.6 is 0 Å². The SMILES string of the molecule is CCOCC(=O)COCC. The Balaban J connectivity index is 3.09. The number of carbonyl (C=O) groups excluding carboxylic acids is 1. The Morgan fingerprint density at radius 3 is 1.80 bits per heavy atom. The second-order valence-electron chi connectivity index (χ2n) is 1.81. The van der Waals surface area contributed by atoms with Crippen molar-refractivity contribution in [2.24, 2.45) is 0 Å². The maximum absolute atomic E-state index is 10.7. The van der Waals surface area contributed by atoms with Gasteiger partial charge in [-0.05, 0) is 13.8 Å². The van der Waals surface area contributed by atoms with E-state index < -0.39 is 0 Å². The number of Topliss-reactive ketones (excluding diaryl/α,β-unsaturated/α-hetero) is 1. The highest BCUT2D eigenvalue weighted by molar-refractivity contribution is 5.80. The molecule has 0 aliphatic heterocycles. The summed E-state index contributed by atoms with van der Waals surface area (Å²) in [7, 11) is 0. The number of ketones is 1. The van der Waals surface area contributed by atoms with Gasteiger partial charge in [-0.3, -0.25) is 4.79 Å². The highest BCUT2D eigenvalue weighted by atomic mass is 16.5. The van der Waals surface area contributed by atoms with E-state index in [0.29, 0.717) is 13.2 Å². The fourth-order valence-corrected chi connectivity index (χ4v) is 0.473. The first kappa shape index (κ1) is 9.59. The highest BCUT2D eigenvalue weighted by Gasteiger charge is 1.98. The summed E-state index contributed by atoms with van der Waals surface area (Å²) in [5, 5.41) is 0. The third-order valence-electron chi connectivity index (χ3n) is 0.934. The molecule has 10 heavy (non-hydrogen) atoms. The van der Waals surface area contributed by atoms with Crippen molar-refractivity contribution in [3.63, 3.8) is 0 Å². The lowest BCUT2D eigenvalue weighted by atomic mass is 10.4. The summed E-state index contributed by atoms with van der Waals surface area (Å²) < 4.78 is 9.73. The highest BCUT2D eigenvalue weighted by Crippen LogP contribution is 1.79. The van der Waals surface area contributed by atoms with Gasteiger partial charge in [0.25, 0.3) is 0 Å². The molecule has 0 aliphatic carbocycles. The van der Waals surface area contributed by atoms with Gasteiger partial charge in [-0.25, -0.2) is 0 Å². The molecule has 0 spiro atoms. The Labute approximate surface area is 61.3 Å². The molecule has 0 unspecified atom stereocenters. The van der Waals surface area contributed by atoms with Gasteiger partial charge in [-0.15, -0.1) is 0 Å². The average molecular weight is 146 g/mol. The summed E-state index contributed by atoms with van der Waals surface area (Å²) in [4.78, 5) is 10.7. The summed E-state index contributed by atoms with van der Waals surface area (Å²) in [5.41, 5.74) is 0. The first-order valence-electron chi connectivity index (χ1n) is 3.48. The van der Waals surface area contributed by atoms with Crippen molar-refractivity contribution in [2.75, 3.05) is 26.4 Å². The molecule has 3 heteroatoms. The first-order valence-corrected chi connectivity index (χ1v) is 3.48. The summed E-state index contributed by atoms with van der Waals surface area (Å²) in [6.07, 6.45) is 0. The molecular formula is C7H14O3. The molecule has 0 atom stereocenters. The Morgan fingerprint density at radius 2 is 1.50 bits per heavy atom. The fraction of sp³-hybridized carbons (Fsp3) is 0.857. The number of hydrogen-bond acceptors (Lipinski definition) is 3. The Bertz CT molecular complexity index is 80.9. The van der Waals surface area contributed by atoms with E-state index in [0.717, 1.165) is 0 Å². The van der Waals surface area contributed by atoms with Crippen molar-refractivity contribution in [3.8, 4) is 0 Å². The average Bonchev–Trinajstić information content (AvgIpc) is 1.97. The van der Waals surface area contributed by atoms with Gasteiger partial charge in [-0.1, -0.05) is 0 Å². The summed E-state index contributed by atoms with van der Waals surface area (Å²) in [6.45, 7) is 5.23. The summed E-state index contributed by atoms with van der Waals surface area (Å²) in [6, 6.07) is 0. The van der Waals surface area contributed by atoms with Crippen LogP contribution in [0.4, 0.5) is 0 Å². The predicted molar refractivity (Wildman–Crippen MR) is 38.0 cm³/mol. The van der Waals surface area contributed by atoms with E-state index in [1.165, 1.54) is 0 Å². The Morgan fingerprint density at radius 1 is 1.10 bits per heavy atom. The summed E-state index contributed by atoms with van der Waals surface area (Å²) >= 11 is 0. The molecule has 0 N–H and O–H groups in total. The van der Waals surface area contributed by atoms with Crippen LogP contribution in [0.5, 0.6) is 0 Å². The molecule has 0 aromatic rings. The van der Waals surface area contributed by atoms with Gasteiger partial charge in [0.15, 0.2) is 5.78 Å². The van der Waals surface area contributed by atoms with E-state index in [2.05, 4.69) is 0 Å². The normalized spacial score (nSPS) is 9.80. The van der Waals surface area contributed by atoms with Gasteiger partial charge in [0.05, 0.1) is 0 Å². The van der Waals surface area contributed by atoms with E-state index in [4.69, 9.17) is 9.47 Å². The minimum absolute atomic E-state index is 0.00343. The van der Waals surface area contributed by atoms with Crippen LogP contribution in [-0.4, -0.2) is 32.2 Å². The van der Waals surface area contributed by atoms with E-state index >= 15 is 0 Å². The van der Waals surface area contributed by atoms with E-state index in [9.17, 15) is 4.79 Å². The zero-order valence-electron chi connectivity index (χ0n) is 6.55. The molecule has 3 nitrogen and oxygen atoms in total. The zero-order valence-corrected chi connectivity index (χ0v) is 6.55. The largest absolute Gasteiger partial charge is 0.374 e. The topological polar surface area (TPSA) is 35.5 Å². The molecule has 0 saturated carbocycles. The lowest BCUT2D eigenvalue weighted by molar-refractivity contribution is -0.127. The molecule has 0 radical (unpaired) electrons. The Hall–Kier alpha value is -0.410. The van der Waals surface area contributed by atoms with Crippen LogP contribution in [0.25, 0.3) is 0 Å². The van der Waals surface area contributed by atoms with Gasteiger partial charge in [0.2, 0.25) is 0 Å². The molecule has 0 heterocycles. The lowest BCUT2D eigenvalue weighted by Gasteiger charge is -1.99. The van der Waals surface area contributed by atoms with Crippen molar-refractivity contribution in [3.05, 3.63) is 0 Å². The van der Waals surface area contributed by atoms with E-state index in [1.807, 2.05) is 13.8 Å². The second kappa shape index (κ2) is 6.71. The number of ether oxygens (including phenoxy) is 2. The van der Waals surface area contributed by atoms with Gasteiger partial charge >= 0.3 is 0 Å². The third-order valence-corrected chi connectivity index (χ3v) is 0.934. The molecule has 0 fully saturated rings. The van der Waals surface area contributed by atoms with Crippen LogP contribution < -0.4 is 0 Å². The molecule has 0 aromatic carbocycles. The van der Waals surface area contributed by atoms with Crippen molar-refractivity contribution in [1.82, 2.24) is 0 Å². The molecule has 0 amide bonds. The maximum atomic E-state index is 10.7. The van der Waals surface area contributed by atoms with Gasteiger partial charge < -0.3 is 9.47 Å². The summed E-state index contributed by atoms with van der Waals surface area (Å²) in [5.74, 6) is 0.00343. The van der Waals surface area contributed by atoms with Crippen LogP contribution in [0.3, 0.4) is 0 Å². The standard InChI is InChI=1S/C7H14O3/c1-3-9-5-7(8)6-10-4-2/h3-6H2,1-2H3. The van der Waals surface area contributed by atoms with Crippen molar-refractivity contribution in [1.29, 1.82) is 0 Å².